The molecule has 4 atom stereocenters. The first kappa shape index (κ1) is 22.3. The van der Waals surface area contributed by atoms with Crippen molar-refractivity contribution in [3.05, 3.63) is 70.3 Å². The lowest BCUT2D eigenvalue weighted by molar-refractivity contribution is -0.123. The second kappa shape index (κ2) is 8.40. The third-order valence-corrected chi connectivity index (χ3v) is 7.51. The van der Waals surface area contributed by atoms with Crippen LogP contribution in [0.25, 0.3) is 0 Å². The number of anilines is 2. The fraction of sp³-hybridized carbons (Fsp3) is 0.308. The lowest BCUT2D eigenvalue weighted by atomic mass is 9.82. The van der Waals surface area contributed by atoms with Gasteiger partial charge in [0, 0.05) is 10.7 Å². The Labute approximate surface area is 201 Å². The maximum Gasteiger partial charge on any atom is 0.338 e. The Hall–Kier alpha value is -3.45. The van der Waals surface area contributed by atoms with E-state index in [1.807, 2.05) is 6.92 Å². The van der Waals surface area contributed by atoms with Crippen molar-refractivity contribution in [3.8, 4) is 0 Å². The lowest BCUT2D eigenvalue weighted by Crippen LogP contribution is -2.33. The average molecular weight is 479 g/mol. The number of imide groups is 1. The van der Waals surface area contributed by atoms with Crippen LogP contribution in [0.5, 0.6) is 0 Å². The van der Waals surface area contributed by atoms with E-state index in [9.17, 15) is 19.2 Å². The number of nitrogens with zero attached hydrogens (tertiary/aromatic N) is 1. The zero-order chi connectivity index (χ0) is 24.1. The molecule has 2 bridgehead atoms. The average Bonchev–Trinajstić information content (AvgIpc) is 3.45. The largest absolute Gasteiger partial charge is 0.452 e. The number of amides is 3. The van der Waals surface area contributed by atoms with E-state index in [1.165, 1.54) is 22.6 Å². The minimum absolute atomic E-state index is 0.103. The van der Waals surface area contributed by atoms with Gasteiger partial charge in [0.15, 0.2) is 6.61 Å². The van der Waals surface area contributed by atoms with Crippen molar-refractivity contribution in [1.29, 1.82) is 0 Å². The Bertz CT molecular complexity index is 1270. The molecule has 2 aromatic rings. The number of carbonyl (C=O) groups excluding carboxylic acids is 4. The van der Waals surface area contributed by atoms with E-state index in [0.29, 0.717) is 22.0 Å². The van der Waals surface area contributed by atoms with Crippen LogP contribution >= 0.6 is 11.6 Å². The predicted molar refractivity (Wildman–Crippen MR) is 126 cm³/mol. The van der Waals surface area contributed by atoms with Gasteiger partial charge < -0.3 is 10.1 Å². The van der Waals surface area contributed by atoms with Crippen molar-refractivity contribution in [2.75, 3.05) is 16.8 Å². The highest BCUT2D eigenvalue weighted by atomic mass is 35.5. The Morgan fingerprint density at radius 1 is 1.09 bits per heavy atom. The molecule has 34 heavy (non-hydrogen) atoms. The minimum atomic E-state index is -0.725. The van der Waals surface area contributed by atoms with Crippen LogP contribution in [0.2, 0.25) is 5.02 Å². The zero-order valence-electron chi connectivity index (χ0n) is 18.7. The molecule has 174 valence electrons. The van der Waals surface area contributed by atoms with Crippen molar-refractivity contribution in [1.82, 2.24) is 0 Å². The van der Waals surface area contributed by atoms with E-state index in [-0.39, 0.29) is 41.0 Å². The molecule has 7 nitrogen and oxygen atoms in total. The van der Waals surface area contributed by atoms with Gasteiger partial charge in [0.1, 0.15) is 0 Å². The molecule has 2 aliphatic carbocycles. The normalized spacial score (nSPS) is 24.8. The first-order chi connectivity index (χ1) is 16.3. The molecule has 1 saturated heterocycles. The van der Waals surface area contributed by atoms with Gasteiger partial charge in [-0.05, 0) is 68.0 Å². The highest BCUT2D eigenvalue weighted by Crippen LogP contribution is 2.55. The molecule has 8 heteroatoms. The van der Waals surface area contributed by atoms with Gasteiger partial charge in [0.2, 0.25) is 11.8 Å². The van der Waals surface area contributed by atoms with Crippen molar-refractivity contribution < 1.29 is 23.9 Å². The van der Waals surface area contributed by atoms with Crippen LogP contribution in [-0.2, 0) is 19.1 Å². The van der Waals surface area contributed by atoms with Crippen LogP contribution in [0.1, 0.15) is 29.3 Å². The first-order valence-corrected chi connectivity index (χ1v) is 11.5. The molecule has 0 unspecified atom stereocenters. The highest BCUT2D eigenvalue weighted by Gasteiger charge is 2.60. The molecular formula is C26H23ClN2O5. The summed E-state index contributed by atoms with van der Waals surface area (Å²) in [5.41, 5.74) is 2.91. The lowest BCUT2D eigenvalue weighted by Gasteiger charge is -2.19. The number of hydrogen-bond acceptors (Lipinski definition) is 5. The fourth-order valence-electron chi connectivity index (χ4n) is 5.44. The van der Waals surface area contributed by atoms with Gasteiger partial charge >= 0.3 is 5.97 Å². The number of benzene rings is 2. The van der Waals surface area contributed by atoms with E-state index < -0.39 is 18.5 Å². The monoisotopic (exact) mass is 478 g/mol. The zero-order valence-corrected chi connectivity index (χ0v) is 19.5. The molecule has 3 amide bonds. The molecule has 0 radical (unpaired) electrons. The number of fused-ring (bicyclic) bond motifs is 5. The summed E-state index contributed by atoms with van der Waals surface area (Å²) >= 11 is 6.06. The van der Waals surface area contributed by atoms with Crippen LogP contribution in [0.15, 0.2) is 54.1 Å². The number of hydrogen-bond donors (Lipinski definition) is 1. The van der Waals surface area contributed by atoms with E-state index in [2.05, 4.69) is 11.4 Å². The van der Waals surface area contributed by atoms with Gasteiger partial charge in [-0.25, -0.2) is 9.69 Å². The van der Waals surface area contributed by atoms with Crippen LogP contribution in [0.4, 0.5) is 11.4 Å². The number of ether oxygens (including phenoxy) is 1. The van der Waals surface area contributed by atoms with Gasteiger partial charge in [-0.1, -0.05) is 35.4 Å². The predicted octanol–water partition coefficient (Wildman–Crippen LogP) is 4.15. The molecule has 3 aliphatic rings. The Balaban J connectivity index is 1.26. The number of nitrogens with one attached hydrogen (secondary N) is 1. The summed E-state index contributed by atoms with van der Waals surface area (Å²) in [5.74, 6) is -2.09. The molecule has 5 rings (SSSR count). The van der Waals surface area contributed by atoms with Crippen molar-refractivity contribution in [2.45, 2.75) is 20.3 Å². The quantitative estimate of drug-likeness (QED) is 0.396. The van der Waals surface area contributed by atoms with Gasteiger partial charge in [0.05, 0.1) is 23.1 Å². The van der Waals surface area contributed by atoms with E-state index in [4.69, 9.17) is 16.3 Å². The van der Waals surface area contributed by atoms with Crippen molar-refractivity contribution >= 4 is 46.7 Å². The summed E-state index contributed by atoms with van der Waals surface area (Å²) < 4.78 is 5.16. The van der Waals surface area contributed by atoms with Crippen LogP contribution in [0, 0.1) is 30.6 Å². The maximum atomic E-state index is 13.2. The summed E-state index contributed by atoms with van der Waals surface area (Å²) in [7, 11) is 0. The smallest absolute Gasteiger partial charge is 0.338 e. The molecule has 1 heterocycles. The molecule has 1 saturated carbocycles. The minimum Gasteiger partial charge on any atom is -0.452 e. The number of carbonyl (C=O) groups is 4. The number of allylic oxidation sites excluding steroid dienone is 2. The SMILES string of the molecule is CC1=C[C@H]2C[C@H]1[C@@H]1C(=O)N(c3cccc(C(=O)OCC(=O)Nc4cccc(Cl)c4C)c3)C(=O)[C@@H]12. The molecule has 2 aromatic carbocycles. The summed E-state index contributed by atoms with van der Waals surface area (Å²) in [6, 6.07) is 11.3. The first-order valence-electron chi connectivity index (χ1n) is 11.1. The summed E-state index contributed by atoms with van der Waals surface area (Å²) in [4.78, 5) is 52.3. The summed E-state index contributed by atoms with van der Waals surface area (Å²) in [5, 5.41) is 3.18. The molecule has 2 fully saturated rings. The van der Waals surface area contributed by atoms with Gasteiger partial charge in [-0.15, -0.1) is 0 Å². The molecule has 1 N–H and O–H groups in total. The molecular weight excluding hydrogens is 456 g/mol. The second-order valence-corrected chi connectivity index (χ2v) is 9.47. The van der Waals surface area contributed by atoms with Crippen LogP contribution in [-0.4, -0.2) is 30.3 Å². The van der Waals surface area contributed by atoms with Crippen LogP contribution in [0.3, 0.4) is 0 Å². The maximum absolute atomic E-state index is 13.2. The van der Waals surface area contributed by atoms with Gasteiger partial charge in [0.25, 0.3) is 5.91 Å². The molecule has 0 spiro atoms. The van der Waals surface area contributed by atoms with Crippen molar-refractivity contribution in [2.24, 2.45) is 23.7 Å². The Kier molecular flexibility index (Phi) is 5.52. The number of rotatable bonds is 5. The van der Waals surface area contributed by atoms with E-state index in [1.54, 1.807) is 37.3 Å². The highest BCUT2D eigenvalue weighted by molar-refractivity contribution is 6.31. The topological polar surface area (TPSA) is 92.8 Å². The van der Waals surface area contributed by atoms with Crippen molar-refractivity contribution in [3.63, 3.8) is 0 Å². The van der Waals surface area contributed by atoms with Crippen LogP contribution < -0.4 is 10.2 Å². The van der Waals surface area contributed by atoms with Gasteiger partial charge in [-0.2, -0.15) is 0 Å². The Morgan fingerprint density at radius 2 is 1.82 bits per heavy atom. The molecule has 1 aliphatic heterocycles. The third-order valence-electron chi connectivity index (χ3n) is 7.10. The van der Waals surface area contributed by atoms with E-state index >= 15 is 0 Å². The summed E-state index contributed by atoms with van der Waals surface area (Å²) in [6.07, 6.45) is 2.97. The second-order valence-electron chi connectivity index (χ2n) is 9.07. The summed E-state index contributed by atoms with van der Waals surface area (Å²) in [6.45, 7) is 3.30. The van der Waals surface area contributed by atoms with E-state index in [0.717, 1.165) is 6.42 Å². The molecule has 0 aromatic heterocycles. The third kappa shape index (κ3) is 3.60. The fourth-order valence-corrected chi connectivity index (χ4v) is 5.62. The Morgan fingerprint density at radius 3 is 2.62 bits per heavy atom. The number of esters is 1. The van der Waals surface area contributed by atoms with Gasteiger partial charge in [-0.3, -0.25) is 14.4 Å². The standard InChI is InChI=1S/C26H23ClN2O5/c1-13-9-16-11-18(13)23-22(16)24(31)29(25(23)32)17-6-3-5-15(10-17)26(33)34-12-21(30)28-20-8-4-7-19(27)14(20)2/h3-10,16,18,22-23H,11-12H2,1-2H3,(H,28,30)/t16-,18+,22+,23-/m0/s1. The number of halogens is 1.